The van der Waals surface area contributed by atoms with Gasteiger partial charge in [-0.1, -0.05) is 22.0 Å². The fourth-order valence-electron chi connectivity index (χ4n) is 3.02. The molecule has 1 aliphatic rings. The number of rotatable bonds is 3. The van der Waals surface area contributed by atoms with Crippen LogP contribution in [0.15, 0.2) is 22.7 Å². The number of aryl methyl sites for hydroxylation is 2. The van der Waals surface area contributed by atoms with Gasteiger partial charge in [-0.05, 0) is 37.1 Å². The summed E-state index contributed by atoms with van der Waals surface area (Å²) in [4.78, 5) is 0. The van der Waals surface area contributed by atoms with E-state index in [0.29, 0.717) is 5.69 Å². The largest absolute Gasteiger partial charge is 0.426 e. The Hall–Kier alpha value is -1.80. The van der Waals surface area contributed by atoms with Crippen molar-refractivity contribution in [2.24, 2.45) is 7.05 Å². The third kappa shape index (κ3) is 3.46. The molecule has 3 rings (SSSR count). The maximum atomic E-state index is 8.15. The number of anilines is 1. The number of nitrogens with one attached hydrogen (secondary N) is 3. The van der Waals surface area contributed by atoms with Gasteiger partial charge in [-0.15, -0.1) is 11.8 Å². The molecule has 132 valence electrons. The van der Waals surface area contributed by atoms with Gasteiger partial charge in [0.25, 0.3) is 0 Å². The number of aromatic nitrogens is 2. The standard InChI is InChI=1S/C17H20BrN5OS/c1-9-6-11(18)4-5-12(9)15-13-14(16(20)24-8-19)22-23(3)17(13)21-10(2)7-25-15/h4-6,8,10,15,19-21H,7H2,1-3H3/t10-,15-/m1/s1. The first kappa shape index (κ1) is 18.0. The van der Waals surface area contributed by atoms with E-state index in [1.54, 1.807) is 4.68 Å². The maximum absolute atomic E-state index is 8.15. The zero-order valence-corrected chi connectivity index (χ0v) is 16.7. The molecule has 0 aliphatic carbocycles. The molecule has 25 heavy (non-hydrogen) atoms. The van der Waals surface area contributed by atoms with Gasteiger partial charge in [-0.3, -0.25) is 15.5 Å². The molecule has 0 bridgehead atoms. The summed E-state index contributed by atoms with van der Waals surface area (Å²) >= 11 is 5.36. The van der Waals surface area contributed by atoms with Gasteiger partial charge in [0.15, 0.2) is 12.1 Å². The van der Waals surface area contributed by atoms with Gasteiger partial charge in [0.1, 0.15) is 5.82 Å². The number of hydrogen-bond donors (Lipinski definition) is 3. The van der Waals surface area contributed by atoms with Gasteiger partial charge in [-0.2, -0.15) is 5.10 Å². The first-order chi connectivity index (χ1) is 11.9. The van der Waals surface area contributed by atoms with Gasteiger partial charge in [0, 0.05) is 28.9 Å². The molecule has 0 fully saturated rings. The predicted molar refractivity (Wildman–Crippen MR) is 106 cm³/mol. The second kappa shape index (κ2) is 7.21. The van der Waals surface area contributed by atoms with Crippen LogP contribution in [0.4, 0.5) is 5.82 Å². The molecule has 1 aliphatic heterocycles. The topological polar surface area (TPSA) is 86.8 Å². The normalized spacial score (nSPS) is 19.5. The SMILES string of the molecule is Cc1cc(Br)ccc1[C@H]1SC[C@@H](C)Nc2c1c(C(=N)OC=N)nn2C. The van der Waals surface area contributed by atoms with Gasteiger partial charge < -0.3 is 10.1 Å². The monoisotopic (exact) mass is 421 g/mol. The summed E-state index contributed by atoms with van der Waals surface area (Å²) in [6, 6.07) is 6.55. The van der Waals surface area contributed by atoms with Crippen LogP contribution >= 0.6 is 27.7 Å². The Morgan fingerprint density at radius 3 is 2.96 bits per heavy atom. The molecule has 0 amide bonds. The average molecular weight is 422 g/mol. The number of ether oxygens (including phenoxy) is 1. The molecule has 0 saturated heterocycles. The number of benzene rings is 1. The summed E-state index contributed by atoms with van der Waals surface area (Å²) in [5.74, 6) is 1.73. The lowest BCUT2D eigenvalue weighted by Gasteiger charge is -2.18. The van der Waals surface area contributed by atoms with E-state index in [0.717, 1.165) is 28.0 Å². The summed E-state index contributed by atoms with van der Waals surface area (Å²) in [7, 11) is 1.86. The lowest BCUT2D eigenvalue weighted by Crippen LogP contribution is -2.18. The van der Waals surface area contributed by atoms with Gasteiger partial charge in [0.05, 0.1) is 5.25 Å². The smallest absolute Gasteiger partial charge is 0.241 e. The van der Waals surface area contributed by atoms with E-state index >= 15 is 0 Å². The Morgan fingerprint density at radius 2 is 2.28 bits per heavy atom. The molecule has 1 aromatic heterocycles. The van der Waals surface area contributed by atoms with Gasteiger partial charge >= 0.3 is 0 Å². The Balaban J connectivity index is 2.19. The van der Waals surface area contributed by atoms with Crippen LogP contribution in [0.1, 0.15) is 34.6 Å². The minimum Gasteiger partial charge on any atom is -0.426 e. The minimum atomic E-state index is -0.108. The molecule has 2 atom stereocenters. The van der Waals surface area contributed by atoms with E-state index in [1.165, 1.54) is 11.1 Å². The molecule has 2 aromatic rings. The quantitative estimate of drug-likeness (QED) is 0.514. The molecule has 1 aromatic carbocycles. The molecular weight excluding hydrogens is 402 g/mol. The van der Waals surface area contributed by atoms with Crippen LogP contribution in [0, 0.1) is 17.7 Å². The minimum absolute atomic E-state index is 0.0407. The van der Waals surface area contributed by atoms with Crippen molar-refractivity contribution >= 4 is 45.8 Å². The lowest BCUT2D eigenvalue weighted by molar-refractivity contribution is 0.555. The third-order valence-electron chi connectivity index (χ3n) is 4.15. The van der Waals surface area contributed by atoms with Crippen LogP contribution in [0.5, 0.6) is 0 Å². The van der Waals surface area contributed by atoms with Crippen LogP contribution in [0.2, 0.25) is 0 Å². The second-order valence-electron chi connectivity index (χ2n) is 6.06. The molecule has 0 unspecified atom stereocenters. The van der Waals surface area contributed by atoms with E-state index in [4.69, 9.17) is 15.6 Å². The highest BCUT2D eigenvalue weighted by Crippen LogP contribution is 2.45. The van der Waals surface area contributed by atoms with Crippen LogP contribution in [-0.4, -0.2) is 33.9 Å². The molecular formula is C17H20BrN5OS. The predicted octanol–water partition coefficient (Wildman–Crippen LogP) is 4.08. The maximum Gasteiger partial charge on any atom is 0.241 e. The van der Waals surface area contributed by atoms with E-state index in [2.05, 4.69) is 52.3 Å². The van der Waals surface area contributed by atoms with Crippen molar-refractivity contribution in [2.75, 3.05) is 11.1 Å². The van der Waals surface area contributed by atoms with Crippen molar-refractivity contribution in [1.29, 1.82) is 10.8 Å². The highest BCUT2D eigenvalue weighted by Gasteiger charge is 2.32. The number of hydrogen-bond acceptors (Lipinski definition) is 6. The van der Waals surface area contributed by atoms with E-state index in [9.17, 15) is 0 Å². The summed E-state index contributed by atoms with van der Waals surface area (Å²) < 4.78 is 7.82. The third-order valence-corrected chi connectivity index (χ3v) is 6.16. The Morgan fingerprint density at radius 1 is 1.52 bits per heavy atom. The van der Waals surface area contributed by atoms with Crippen molar-refractivity contribution in [3.8, 4) is 0 Å². The molecule has 8 heteroatoms. The Kier molecular flexibility index (Phi) is 5.19. The number of fused-ring (bicyclic) bond motifs is 1. The number of thioether (sulfide) groups is 1. The van der Waals surface area contributed by atoms with Crippen molar-refractivity contribution in [2.45, 2.75) is 25.1 Å². The fourth-order valence-corrected chi connectivity index (χ4v) is 4.89. The molecule has 0 saturated carbocycles. The first-order valence-electron chi connectivity index (χ1n) is 7.88. The summed E-state index contributed by atoms with van der Waals surface area (Å²) in [5, 5.41) is 23.3. The van der Waals surface area contributed by atoms with Gasteiger partial charge in [0.2, 0.25) is 5.90 Å². The van der Waals surface area contributed by atoms with E-state index < -0.39 is 0 Å². The molecule has 0 radical (unpaired) electrons. The molecule has 3 N–H and O–H groups in total. The Labute approximate surface area is 159 Å². The first-order valence-corrected chi connectivity index (χ1v) is 9.72. The number of halogens is 1. The number of nitrogens with zero attached hydrogens (tertiary/aromatic N) is 2. The highest BCUT2D eigenvalue weighted by molar-refractivity contribution is 9.10. The molecule has 2 heterocycles. The molecule has 6 nitrogen and oxygen atoms in total. The summed E-state index contributed by atoms with van der Waals surface area (Å²) in [6.45, 7) is 4.23. The van der Waals surface area contributed by atoms with E-state index in [-0.39, 0.29) is 17.2 Å². The van der Waals surface area contributed by atoms with Crippen molar-refractivity contribution in [1.82, 2.24) is 9.78 Å². The van der Waals surface area contributed by atoms with Crippen molar-refractivity contribution in [3.63, 3.8) is 0 Å². The second-order valence-corrected chi connectivity index (χ2v) is 8.11. The van der Waals surface area contributed by atoms with Crippen LogP contribution in [0.3, 0.4) is 0 Å². The van der Waals surface area contributed by atoms with Gasteiger partial charge in [-0.25, -0.2) is 0 Å². The van der Waals surface area contributed by atoms with E-state index in [1.807, 2.05) is 24.9 Å². The van der Waals surface area contributed by atoms with Crippen molar-refractivity contribution in [3.05, 3.63) is 45.1 Å². The van der Waals surface area contributed by atoms with Crippen LogP contribution in [-0.2, 0) is 11.8 Å². The summed E-state index contributed by atoms with van der Waals surface area (Å²) in [5.41, 5.74) is 3.79. The molecule has 0 spiro atoms. The van der Waals surface area contributed by atoms with Crippen molar-refractivity contribution < 1.29 is 4.74 Å². The highest BCUT2D eigenvalue weighted by atomic mass is 79.9. The summed E-state index contributed by atoms with van der Waals surface area (Å²) in [6.07, 6.45) is 0.767. The average Bonchev–Trinajstić information content (AvgIpc) is 2.76. The van der Waals surface area contributed by atoms with Crippen LogP contribution < -0.4 is 5.32 Å². The Bertz CT molecular complexity index is 835. The lowest BCUT2D eigenvalue weighted by atomic mass is 9.99. The zero-order chi connectivity index (χ0) is 18.1. The van der Waals surface area contributed by atoms with Crippen LogP contribution in [0.25, 0.3) is 0 Å². The fraction of sp³-hybridized carbons (Fsp3) is 0.353. The zero-order valence-electron chi connectivity index (χ0n) is 14.3.